The van der Waals surface area contributed by atoms with Crippen molar-refractivity contribution >= 4 is 0 Å². The third-order valence-electron chi connectivity index (χ3n) is 4.29. The van der Waals surface area contributed by atoms with E-state index in [0.717, 1.165) is 38.3 Å². The first-order valence-corrected chi connectivity index (χ1v) is 7.98. The highest BCUT2D eigenvalue weighted by Gasteiger charge is 2.25. The molecule has 1 aromatic carbocycles. The fraction of sp³-hybridized carbons (Fsp3) is 0.529. The van der Waals surface area contributed by atoms with Gasteiger partial charge in [-0.05, 0) is 37.9 Å². The van der Waals surface area contributed by atoms with Crippen molar-refractivity contribution in [1.82, 2.24) is 15.1 Å². The molecule has 2 atom stereocenters. The van der Waals surface area contributed by atoms with Crippen molar-refractivity contribution in [2.45, 2.75) is 26.3 Å². The Labute approximate surface area is 131 Å². The van der Waals surface area contributed by atoms with Crippen LogP contribution in [0, 0.1) is 5.92 Å². The topological polar surface area (TPSA) is 51.4 Å². The highest BCUT2D eigenvalue weighted by Crippen LogP contribution is 2.25. The van der Waals surface area contributed by atoms with E-state index < -0.39 is 0 Å². The van der Waals surface area contributed by atoms with Gasteiger partial charge in [-0.3, -0.25) is 4.90 Å². The van der Waals surface area contributed by atoms with Crippen molar-refractivity contribution in [3.05, 3.63) is 36.2 Å². The molecule has 1 aliphatic heterocycles. The monoisotopic (exact) mass is 301 g/mol. The van der Waals surface area contributed by atoms with E-state index in [1.807, 2.05) is 30.3 Å². The normalized spacial score (nSPS) is 19.7. The minimum absolute atomic E-state index is 0.121. The van der Waals surface area contributed by atoms with Crippen molar-refractivity contribution in [3.8, 4) is 11.5 Å². The van der Waals surface area contributed by atoms with Crippen LogP contribution in [0.5, 0.6) is 0 Å². The summed E-state index contributed by atoms with van der Waals surface area (Å²) in [6, 6.07) is 10.0. The smallest absolute Gasteiger partial charge is 0.247 e. The summed E-state index contributed by atoms with van der Waals surface area (Å²) in [6.07, 6.45) is 1.14. The lowest BCUT2D eigenvalue weighted by molar-refractivity contribution is 0.141. The molecular formula is C17H23N3O2. The van der Waals surface area contributed by atoms with E-state index >= 15 is 0 Å². The van der Waals surface area contributed by atoms with Crippen molar-refractivity contribution < 1.29 is 9.15 Å². The molecule has 2 aromatic rings. The molecule has 0 unspecified atom stereocenters. The van der Waals surface area contributed by atoms with Crippen LogP contribution in [0.25, 0.3) is 11.5 Å². The van der Waals surface area contributed by atoms with Gasteiger partial charge in [-0.2, -0.15) is 0 Å². The van der Waals surface area contributed by atoms with Gasteiger partial charge in [0, 0.05) is 18.7 Å². The molecule has 0 amide bonds. The SMILES string of the molecule is CCN(C[C@@H]1CCOC1)[C@H](C)c1nnc(-c2ccccc2)o1. The third-order valence-corrected chi connectivity index (χ3v) is 4.29. The highest BCUT2D eigenvalue weighted by molar-refractivity contribution is 5.51. The Hall–Kier alpha value is -1.72. The average molecular weight is 301 g/mol. The minimum atomic E-state index is 0.121. The molecule has 0 N–H and O–H groups in total. The van der Waals surface area contributed by atoms with Gasteiger partial charge in [0.2, 0.25) is 11.8 Å². The van der Waals surface area contributed by atoms with E-state index in [4.69, 9.17) is 9.15 Å². The molecule has 118 valence electrons. The van der Waals surface area contributed by atoms with E-state index in [1.165, 1.54) is 0 Å². The van der Waals surface area contributed by atoms with Crippen LogP contribution in [0.3, 0.4) is 0 Å². The standard InChI is InChI=1S/C17H23N3O2/c1-3-20(11-14-9-10-21-12-14)13(2)16-18-19-17(22-16)15-7-5-4-6-8-15/h4-8,13-14H,3,9-12H2,1-2H3/t13-,14+/m1/s1. The van der Waals surface area contributed by atoms with Crippen LogP contribution in [-0.2, 0) is 4.74 Å². The maximum Gasteiger partial charge on any atom is 0.247 e. The Balaban J connectivity index is 1.70. The maximum absolute atomic E-state index is 5.88. The molecule has 1 fully saturated rings. The van der Waals surface area contributed by atoms with Crippen molar-refractivity contribution in [2.24, 2.45) is 5.92 Å². The van der Waals surface area contributed by atoms with Crippen LogP contribution in [0.1, 0.15) is 32.2 Å². The summed E-state index contributed by atoms with van der Waals surface area (Å²) in [5.41, 5.74) is 0.959. The fourth-order valence-corrected chi connectivity index (χ4v) is 2.88. The highest BCUT2D eigenvalue weighted by atomic mass is 16.5. The lowest BCUT2D eigenvalue weighted by atomic mass is 10.1. The fourth-order valence-electron chi connectivity index (χ4n) is 2.88. The van der Waals surface area contributed by atoms with E-state index in [-0.39, 0.29) is 6.04 Å². The second-order valence-corrected chi connectivity index (χ2v) is 5.80. The molecule has 5 heteroatoms. The second kappa shape index (κ2) is 7.03. The Morgan fingerprint density at radius 2 is 2.09 bits per heavy atom. The predicted octanol–water partition coefficient (Wildman–Crippen LogP) is 3.16. The van der Waals surface area contributed by atoms with Crippen LogP contribution in [0.4, 0.5) is 0 Å². The molecule has 0 aliphatic carbocycles. The molecule has 1 saturated heterocycles. The zero-order valence-corrected chi connectivity index (χ0v) is 13.2. The number of aromatic nitrogens is 2. The van der Waals surface area contributed by atoms with Crippen LogP contribution in [0.15, 0.2) is 34.7 Å². The largest absolute Gasteiger partial charge is 0.419 e. The number of nitrogens with zero attached hydrogens (tertiary/aromatic N) is 3. The number of hydrogen-bond acceptors (Lipinski definition) is 5. The van der Waals surface area contributed by atoms with Gasteiger partial charge in [0.05, 0.1) is 12.6 Å². The Kier molecular flexibility index (Phi) is 4.85. The van der Waals surface area contributed by atoms with Crippen LogP contribution in [-0.4, -0.2) is 41.4 Å². The van der Waals surface area contributed by atoms with Crippen LogP contribution in [0.2, 0.25) is 0 Å². The lowest BCUT2D eigenvalue weighted by Crippen LogP contribution is -2.32. The summed E-state index contributed by atoms with van der Waals surface area (Å²) in [5.74, 6) is 1.88. The molecular weight excluding hydrogens is 278 g/mol. The van der Waals surface area contributed by atoms with Gasteiger partial charge < -0.3 is 9.15 Å². The number of benzene rings is 1. The first-order valence-electron chi connectivity index (χ1n) is 7.98. The molecule has 1 aromatic heterocycles. The van der Waals surface area contributed by atoms with Gasteiger partial charge in [-0.25, -0.2) is 0 Å². The molecule has 22 heavy (non-hydrogen) atoms. The van der Waals surface area contributed by atoms with Gasteiger partial charge in [0.25, 0.3) is 0 Å². The zero-order chi connectivity index (χ0) is 15.4. The molecule has 5 nitrogen and oxygen atoms in total. The molecule has 0 bridgehead atoms. The first kappa shape index (κ1) is 15.2. The van der Waals surface area contributed by atoms with Crippen molar-refractivity contribution in [1.29, 1.82) is 0 Å². The van der Waals surface area contributed by atoms with Crippen molar-refractivity contribution in [2.75, 3.05) is 26.3 Å². The first-order chi connectivity index (χ1) is 10.8. The summed E-state index contributed by atoms with van der Waals surface area (Å²) < 4.78 is 11.4. The quantitative estimate of drug-likeness (QED) is 0.820. The Morgan fingerprint density at radius 3 is 2.77 bits per heavy atom. The molecule has 2 heterocycles. The summed E-state index contributed by atoms with van der Waals surface area (Å²) in [4.78, 5) is 2.38. The molecule has 0 spiro atoms. The van der Waals surface area contributed by atoms with Gasteiger partial charge in [-0.1, -0.05) is 25.1 Å². The zero-order valence-electron chi connectivity index (χ0n) is 13.2. The van der Waals surface area contributed by atoms with E-state index in [0.29, 0.717) is 17.7 Å². The van der Waals surface area contributed by atoms with E-state index in [9.17, 15) is 0 Å². The molecule has 3 rings (SSSR count). The number of rotatable bonds is 6. The Bertz CT molecular complexity index is 579. The van der Waals surface area contributed by atoms with Gasteiger partial charge in [0.15, 0.2) is 0 Å². The van der Waals surface area contributed by atoms with Crippen LogP contribution >= 0.6 is 0 Å². The van der Waals surface area contributed by atoms with Crippen molar-refractivity contribution in [3.63, 3.8) is 0 Å². The lowest BCUT2D eigenvalue weighted by Gasteiger charge is -2.27. The van der Waals surface area contributed by atoms with Crippen LogP contribution < -0.4 is 0 Å². The summed E-state index contributed by atoms with van der Waals surface area (Å²) >= 11 is 0. The van der Waals surface area contributed by atoms with E-state index in [2.05, 4.69) is 28.9 Å². The second-order valence-electron chi connectivity index (χ2n) is 5.80. The van der Waals surface area contributed by atoms with E-state index in [1.54, 1.807) is 0 Å². The van der Waals surface area contributed by atoms with Gasteiger partial charge in [-0.15, -0.1) is 10.2 Å². The average Bonchev–Trinajstić information content (AvgIpc) is 3.24. The van der Waals surface area contributed by atoms with Gasteiger partial charge in [0.1, 0.15) is 0 Å². The maximum atomic E-state index is 5.88. The summed E-state index contributed by atoms with van der Waals surface area (Å²) in [6.45, 7) is 8.02. The Morgan fingerprint density at radius 1 is 1.27 bits per heavy atom. The molecule has 0 radical (unpaired) electrons. The number of hydrogen-bond donors (Lipinski definition) is 0. The minimum Gasteiger partial charge on any atom is -0.419 e. The summed E-state index contributed by atoms with van der Waals surface area (Å²) in [7, 11) is 0. The van der Waals surface area contributed by atoms with Gasteiger partial charge >= 0.3 is 0 Å². The number of ether oxygens (including phenoxy) is 1. The summed E-state index contributed by atoms with van der Waals surface area (Å²) in [5, 5.41) is 8.43. The predicted molar refractivity (Wildman–Crippen MR) is 84.3 cm³/mol. The molecule has 0 saturated carbocycles. The molecule has 1 aliphatic rings. The third kappa shape index (κ3) is 3.36.